The Labute approximate surface area is 141 Å². The van der Waals surface area contributed by atoms with E-state index in [0.717, 1.165) is 17.0 Å². The summed E-state index contributed by atoms with van der Waals surface area (Å²) in [6.07, 6.45) is 1.20. The van der Waals surface area contributed by atoms with E-state index >= 15 is 0 Å². The highest BCUT2D eigenvalue weighted by molar-refractivity contribution is 5.74. The van der Waals surface area contributed by atoms with Crippen molar-refractivity contribution in [1.29, 1.82) is 0 Å². The number of amides is 2. The minimum Gasteiger partial charge on any atom is -0.388 e. The summed E-state index contributed by atoms with van der Waals surface area (Å²) in [5.41, 5.74) is 0.998. The van der Waals surface area contributed by atoms with E-state index in [1.165, 1.54) is 0 Å². The van der Waals surface area contributed by atoms with Gasteiger partial charge in [0.2, 0.25) is 0 Å². The first-order chi connectivity index (χ1) is 11.5. The number of rotatable bonds is 7. The van der Waals surface area contributed by atoms with Crippen molar-refractivity contribution in [3.63, 3.8) is 0 Å². The van der Waals surface area contributed by atoms with Gasteiger partial charge < -0.3 is 15.7 Å². The highest BCUT2D eigenvalue weighted by Gasteiger charge is 2.22. The smallest absolute Gasteiger partial charge is 0.315 e. The number of carbonyl (C=O) groups excluding carboxylic acids is 1. The van der Waals surface area contributed by atoms with E-state index in [1.54, 1.807) is 0 Å². The van der Waals surface area contributed by atoms with E-state index in [4.69, 9.17) is 0 Å². The molecule has 0 saturated heterocycles. The second-order valence-corrected chi connectivity index (χ2v) is 5.91. The van der Waals surface area contributed by atoms with Gasteiger partial charge in [0.25, 0.3) is 0 Å². The summed E-state index contributed by atoms with van der Waals surface area (Å²) in [4.78, 5) is 16.2. The number of hydrogen-bond donors (Lipinski definition) is 4. The Morgan fingerprint density at radius 1 is 1.29 bits per heavy atom. The summed E-state index contributed by atoms with van der Waals surface area (Å²) in [6, 6.07) is 7.40. The second-order valence-electron chi connectivity index (χ2n) is 5.91. The summed E-state index contributed by atoms with van der Waals surface area (Å²) in [5.74, 6) is 1.39. The molecule has 0 fully saturated rings. The third kappa shape index (κ3) is 4.79. The summed E-state index contributed by atoms with van der Waals surface area (Å²) in [5, 5.41) is 22.6. The number of benzene rings is 1. The van der Waals surface area contributed by atoms with Crippen LogP contribution in [0, 0.1) is 6.92 Å². The molecular formula is C17H25N5O2. The second kappa shape index (κ2) is 7.92. The van der Waals surface area contributed by atoms with Gasteiger partial charge in [0.1, 0.15) is 5.82 Å². The maximum atomic E-state index is 11.9. The Morgan fingerprint density at radius 2 is 2.04 bits per heavy atom. The van der Waals surface area contributed by atoms with Gasteiger partial charge in [0.05, 0.1) is 5.60 Å². The predicted molar refractivity (Wildman–Crippen MR) is 92.3 cm³/mol. The van der Waals surface area contributed by atoms with Crippen LogP contribution >= 0.6 is 0 Å². The first kappa shape index (κ1) is 17.9. The third-order valence-electron chi connectivity index (χ3n) is 4.13. The SMILES string of the molecule is CCC(O)(CC)CNC(=O)NCc1cccc(-c2n[nH]c(C)n2)c1. The number of aryl methyl sites for hydroxylation is 1. The minimum atomic E-state index is -0.846. The van der Waals surface area contributed by atoms with Crippen molar-refractivity contribution in [3.8, 4) is 11.4 Å². The zero-order valence-corrected chi connectivity index (χ0v) is 14.4. The van der Waals surface area contributed by atoms with Crippen LogP contribution in [0.4, 0.5) is 4.79 Å². The van der Waals surface area contributed by atoms with E-state index in [1.807, 2.05) is 45.0 Å². The molecule has 4 N–H and O–H groups in total. The van der Waals surface area contributed by atoms with Crippen molar-refractivity contribution in [2.24, 2.45) is 0 Å². The first-order valence-electron chi connectivity index (χ1n) is 8.18. The quantitative estimate of drug-likeness (QED) is 0.624. The van der Waals surface area contributed by atoms with Gasteiger partial charge in [-0.25, -0.2) is 9.78 Å². The molecule has 0 aliphatic heterocycles. The fourth-order valence-electron chi connectivity index (χ4n) is 2.28. The molecule has 1 aromatic carbocycles. The molecule has 1 heterocycles. The maximum absolute atomic E-state index is 11.9. The summed E-state index contributed by atoms with van der Waals surface area (Å²) >= 11 is 0. The Bertz CT molecular complexity index is 679. The molecule has 0 saturated carbocycles. The lowest BCUT2D eigenvalue weighted by molar-refractivity contribution is 0.0349. The molecule has 0 unspecified atom stereocenters. The van der Waals surface area contributed by atoms with Crippen molar-refractivity contribution in [1.82, 2.24) is 25.8 Å². The van der Waals surface area contributed by atoms with Gasteiger partial charge in [-0.2, -0.15) is 5.10 Å². The maximum Gasteiger partial charge on any atom is 0.315 e. The first-order valence-corrected chi connectivity index (χ1v) is 8.18. The molecule has 7 nitrogen and oxygen atoms in total. The van der Waals surface area contributed by atoms with Crippen LogP contribution in [-0.2, 0) is 6.54 Å². The zero-order chi connectivity index (χ0) is 17.6. The number of urea groups is 1. The van der Waals surface area contributed by atoms with Crippen LogP contribution in [-0.4, -0.2) is 38.5 Å². The Kier molecular flexibility index (Phi) is 5.92. The molecule has 2 aromatic rings. The predicted octanol–water partition coefficient (Wildman–Crippen LogP) is 2.13. The van der Waals surface area contributed by atoms with Gasteiger partial charge in [0.15, 0.2) is 5.82 Å². The molecule has 0 bridgehead atoms. The standard InChI is InChI=1S/C17H25N5O2/c1-4-17(24,5-2)11-19-16(23)18-10-13-7-6-8-14(9-13)15-20-12(3)21-22-15/h6-9,24H,4-5,10-11H2,1-3H3,(H2,18,19,23)(H,20,21,22). The lowest BCUT2D eigenvalue weighted by Crippen LogP contribution is -2.45. The molecule has 2 amide bonds. The van der Waals surface area contributed by atoms with Crippen LogP contribution in [0.2, 0.25) is 0 Å². The van der Waals surface area contributed by atoms with Gasteiger partial charge in [-0.05, 0) is 31.4 Å². The number of aromatic nitrogens is 3. The summed E-state index contributed by atoms with van der Waals surface area (Å²) in [7, 11) is 0. The minimum absolute atomic E-state index is 0.238. The van der Waals surface area contributed by atoms with Gasteiger partial charge in [-0.3, -0.25) is 5.10 Å². The molecule has 2 rings (SSSR count). The lowest BCUT2D eigenvalue weighted by Gasteiger charge is -2.25. The largest absolute Gasteiger partial charge is 0.388 e. The van der Waals surface area contributed by atoms with Crippen LogP contribution in [0.15, 0.2) is 24.3 Å². The van der Waals surface area contributed by atoms with Crippen molar-refractivity contribution < 1.29 is 9.90 Å². The van der Waals surface area contributed by atoms with E-state index in [-0.39, 0.29) is 12.6 Å². The lowest BCUT2D eigenvalue weighted by atomic mass is 9.98. The number of hydrogen-bond acceptors (Lipinski definition) is 4. The zero-order valence-electron chi connectivity index (χ0n) is 14.4. The van der Waals surface area contributed by atoms with Crippen LogP contribution in [0.1, 0.15) is 38.1 Å². The highest BCUT2D eigenvalue weighted by atomic mass is 16.3. The van der Waals surface area contributed by atoms with Crippen molar-refractivity contribution in [3.05, 3.63) is 35.7 Å². The monoisotopic (exact) mass is 331 g/mol. The van der Waals surface area contributed by atoms with E-state index in [2.05, 4.69) is 25.8 Å². The molecule has 7 heteroatoms. The molecule has 0 atom stereocenters. The molecule has 1 aromatic heterocycles. The van der Waals surface area contributed by atoms with E-state index in [9.17, 15) is 9.90 Å². The normalized spacial score (nSPS) is 11.3. The molecule has 0 aliphatic carbocycles. The topological polar surface area (TPSA) is 103 Å². The number of nitrogens with one attached hydrogen (secondary N) is 3. The average molecular weight is 331 g/mol. The highest BCUT2D eigenvalue weighted by Crippen LogP contribution is 2.16. The van der Waals surface area contributed by atoms with Crippen molar-refractivity contribution in [2.45, 2.75) is 45.8 Å². The van der Waals surface area contributed by atoms with Crippen LogP contribution in [0.25, 0.3) is 11.4 Å². The number of carbonyl (C=O) groups is 1. The Morgan fingerprint density at radius 3 is 2.67 bits per heavy atom. The van der Waals surface area contributed by atoms with E-state index in [0.29, 0.717) is 25.2 Å². The van der Waals surface area contributed by atoms with Crippen LogP contribution < -0.4 is 10.6 Å². The summed E-state index contributed by atoms with van der Waals surface area (Å²) < 4.78 is 0. The van der Waals surface area contributed by atoms with Crippen LogP contribution in [0.3, 0.4) is 0 Å². The molecular weight excluding hydrogens is 306 g/mol. The summed E-state index contributed by atoms with van der Waals surface area (Å²) in [6.45, 7) is 6.28. The van der Waals surface area contributed by atoms with Crippen molar-refractivity contribution >= 4 is 6.03 Å². The van der Waals surface area contributed by atoms with Crippen LogP contribution in [0.5, 0.6) is 0 Å². The molecule has 0 aliphatic rings. The number of H-pyrrole nitrogens is 1. The van der Waals surface area contributed by atoms with Gasteiger partial charge in [0, 0.05) is 18.7 Å². The molecule has 130 valence electrons. The van der Waals surface area contributed by atoms with Crippen molar-refractivity contribution in [2.75, 3.05) is 6.54 Å². The number of aliphatic hydroxyl groups is 1. The van der Waals surface area contributed by atoms with Gasteiger partial charge in [-0.15, -0.1) is 0 Å². The Hall–Kier alpha value is -2.41. The van der Waals surface area contributed by atoms with E-state index < -0.39 is 5.60 Å². The fourth-order valence-corrected chi connectivity index (χ4v) is 2.28. The van der Waals surface area contributed by atoms with Gasteiger partial charge >= 0.3 is 6.03 Å². The fraction of sp³-hybridized carbons (Fsp3) is 0.471. The molecule has 24 heavy (non-hydrogen) atoms. The number of nitrogens with zero attached hydrogens (tertiary/aromatic N) is 2. The number of aromatic amines is 1. The molecule has 0 radical (unpaired) electrons. The molecule has 0 spiro atoms. The van der Waals surface area contributed by atoms with Gasteiger partial charge in [-0.1, -0.05) is 32.0 Å². The Balaban J connectivity index is 1.89. The third-order valence-corrected chi connectivity index (χ3v) is 4.13. The average Bonchev–Trinajstić information content (AvgIpc) is 3.04.